The first kappa shape index (κ1) is 23.8. The Hall–Kier alpha value is -2.86. The number of carbonyl (C=O) groups is 1. The number of ether oxygens (including phenoxy) is 2. The van der Waals surface area contributed by atoms with Crippen molar-refractivity contribution in [1.29, 1.82) is 0 Å². The number of carbonyl (C=O) groups excluding carboxylic acids is 1. The highest BCUT2D eigenvalue weighted by molar-refractivity contribution is 7.09. The second kappa shape index (κ2) is 11.1. The molecule has 1 aromatic heterocycles. The van der Waals surface area contributed by atoms with Gasteiger partial charge in [-0.05, 0) is 55.2 Å². The Labute approximate surface area is 195 Å². The fourth-order valence-electron chi connectivity index (χ4n) is 3.44. The Morgan fingerprint density at radius 1 is 1.09 bits per heavy atom. The number of nitrogens with zero attached hydrogens (tertiary/aromatic N) is 2. The summed E-state index contributed by atoms with van der Waals surface area (Å²) < 4.78 is 11.3. The Morgan fingerprint density at radius 2 is 1.81 bits per heavy atom. The average Bonchev–Trinajstić information content (AvgIpc) is 3.28. The molecule has 0 aliphatic heterocycles. The third-order valence-corrected chi connectivity index (χ3v) is 6.42. The van der Waals surface area contributed by atoms with E-state index in [2.05, 4.69) is 33.8 Å². The molecule has 3 rings (SSSR count). The highest BCUT2D eigenvalue weighted by Gasteiger charge is 2.22. The second-order valence-electron chi connectivity index (χ2n) is 8.13. The minimum atomic E-state index is -0.00124. The van der Waals surface area contributed by atoms with Gasteiger partial charge < -0.3 is 14.4 Å². The predicted octanol–water partition coefficient (Wildman–Crippen LogP) is 6.30. The van der Waals surface area contributed by atoms with Gasteiger partial charge in [-0.1, -0.05) is 39.0 Å². The fourth-order valence-corrected chi connectivity index (χ4v) is 4.13. The standard InChI is InChI=1S/C26H32N2O3S/c1-6-19(4)28(26(29)20-11-13-22(30-5)14-12-20)15-21-17-32-25(27-21)16-31-24-10-8-7-9-23(24)18(2)3/h7-14,17-19H,6,15-16H2,1-5H3/t19-/m0/s1. The van der Waals surface area contributed by atoms with Crippen LogP contribution in [0.25, 0.3) is 0 Å². The summed E-state index contributed by atoms with van der Waals surface area (Å²) in [7, 11) is 1.62. The van der Waals surface area contributed by atoms with Gasteiger partial charge in [0.25, 0.3) is 5.91 Å². The van der Waals surface area contributed by atoms with Crippen LogP contribution in [0.3, 0.4) is 0 Å². The Balaban J connectivity index is 1.70. The molecule has 1 amide bonds. The lowest BCUT2D eigenvalue weighted by molar-refractivity contribution is 0.0669. The number of hydrogen-bond donors (Lipinski definition) is 0. The normalized spacial score (nSPS) is 11.9. The van der Waals surface area contributed by atoms with E-state index in [0.717, 1.165) is 28.6 Å². The van der Waals surface area contributed by atoms with Crippen molar-refractivity contribution >= 4 is 17.2 Å². The second-order valence-corrected chi connectivity index (χ2v) is 9.08. The largest absolute Gasteiger partial charge is 0.497 e. The van der Waals surface area contributed by atoms with Crippen molar-refractivity contribution in [1.82, 2.24) is 9.88 Å². The maximum atomic E-state index is 13.2. The summed E-state index contributed by atoms with van der Waals surface area (Å²) in [5, 5.41) is 2.92. The number of benzene rings is 2. The fraction of sp³-hybridized carbons (Fsp3) is 0.385. The summed E-state index contributed by atoms with van der Waals surface area (Å²) in [6, 6.07) is 15.5. The predicted molar refractivity (Wildman–Crippen MR) is 130 cm³/mol. The molecule has 0 saturated heterocycles. The molecule has 3 aromatic rings. The molecule has 0 fully saturated rings. The van der Waals surface area contributed by atoms with Gasteiger partial charge in [0, 0.05) is 17.0 Å². The minimum Gasteiger partial charge on any atom is -0.497 e. The molecule has 0 aliphatic rings. The molecule has 0 aliphatic carbocycles. The van der Waals surface area contributed by atoms with Gasteiger partial charge in [-0.25, -0.2) is 4.98 Å². The lowest BCUT2D eigenvalue weighted by Crippen LogP contribution is -2.37. The van der Waals surface area contributed by atoms with E-state index in [0.29, 0.717) is 24.6 Å². The van der Waals surface area contributed by atoms with Crippen molar-refractivity contribution in [2.75, 3.05) is 7.11 Å². The first-order chi connectivity index (χ1) is 15.4. The molecular weight excluding hydrogens is 420 g/mol. The maximum Gasteiger partial charge on any atom is 0.254 e. The third-order valence-electron chi connectivity index (χ3n) is 5.54. The van der Waals surface area contributed by atoms with E-state index < -0.39 is 0 Å². The monoisotopic (exact) mass is 452 g/mol. The zero-order valence-corrected chi connectivity index (χ0v) is 20.3. The van der Waals surface area contributed by atoms with E-state index in [1.165, 1.54) is 5.56 Å². The van der Waals surface area contributed by atoms with Crippen LogP contribution in [0.5, 0.6) is 11.5 Å². The van der Waals surface area contributed by atoms with Gasteiger partial charge in [0.15, 0.2) is 0 Å². The van der Waals surface area contributed by atoms with Crippen LogP contribution in [0.15, 0.2) is 53.9 Å². The van der Waals surface area contributed by atoms with Gasteiger partial charge in [0.05, 0.1) is 19.3 Å². The number of methoxy groups -OCH3 is 1. The van der Waals surface area contributed by atoms with Crippen LogP contribution in [0, 0.1) is 0 Å². The molecule has 0 N–H and O–H groups in total. The van der Waals surface area contributed by atoms with Gasteiger partial charge in [-0.3, -0.25) is 4.79 Å². The highest BCUT2D eigenvalue weighted by atomic mass is 32.1. The summed E-state index contributed by atoms with van der Waals surface area (Å²) in [4.78, 5) is 19.8. The van der Waals surface area contributed by atoms with Gasteiger partial charge in [-0.15, -0.1) is 11.3 Å². The van der Waals surface area contributed by atoms with Crippen LogP contribution in [-0.2, 0) is 13.2 Å². The molecule has 1 atom stereocenters. The van der Waals surface area contributed by atoms with E-state index in [9.17, 15) is 4.79 Å². The number of thiazole rings is 1. The molecular formula is C26H32N2O3S. The summed E-state index contributed by atoms with van der Waals surface area (Å²) in [6.45, 7) is 9.37. The van der Waals surface area contributed by atoms with Crippen LogP contribution in [0.2, 0.25) is 0 Å². The molecule has 0 saturated carbocycles. The van der Waals surface area contributed by atoms with Crippen molar-refractivity contribution in [3.8, 4) is 11.5 Å². The first-order valence-corrected chi connectivity index (χ1v) is 11.9. The smallest absolute Gasteiger partial charge is 0.254 e. The third kappa shape index (κ3) is 5.88. The number of para-hydroxylation sites is 1. The number of amides is 1. The van der Waals surface area contributed by atoms with Crippen molar-refractivity contribution in [3.63, 3.8) is 0 Å². The molecule has 0 bridgehead atoms. The molecule has 2 aromatic carbocycles. The average molecular weight is 453 g/mol. The summed E-state index contributed by atoms with van der Waals surface area (Å²) in [5.74, 6) is 2.03. The van der Waals surface area contributed by atoms with Crippen LogP contribution in [0.1, 0.15) is 66.7 Å². The van der Waals surface area contributed by atoms with Gasteiger partial charge in [-0.2, -0.15) is 0 Å². The molecule has 6 heteroatoms. The molecule has 1 heterocycles. The van der Waals surface area contributed by atoms with Gasteiger partial charge >= 0.3 is 0 Å². The first-order valence-electron chi connectivity index (χ1n) is 11.0. The molecule has 32 heavy (non-hydrogen) atoms. The van der Waals surface area contributed by atoms with E-state index in [1.807, 2.05) is 52.7 Å². The van der Waals surface area contributed by atoms with E-state index >= 15 is 0 Å². The number of hydrogen-bond acceptors (Lipinski definition) is 5. The zero-order chi connectivity index (χ0) is 23.1. The molecule has 0 unspecified atom stereocenters. The molecule has 5 nitrogen and oxygen atoms in total. The van der Waals surface area contributed by atoms with Crippen molar-refractivity contribution < 1.29 is 14.3 Å². The maximum absolute atomic E-state index is 13.2. The van der Waals surface area contributed by atoms with E-state index in [4.69, 9.17) is 14.5 Å². The summed E-state index contributed by atoms with van der Waals surface area (Å²) in [5.41, 5.74) is 2.72. The zero-order valence-electron chi connectivity index (χ0n) is 19.5. The number of aromatic nitrogens is 1. The molecule has 0 spiro atoms. The summed E-state index contributed by atoms with van der Waals surface area (Å²) in [6.07, 6.45) is 0.869. The Morgan fingerprint density at radius 3 is 2.47 bits per heavy atom. The minimum absolute atomic E-state index is 0.00124. The molecule has 170 valence electrons. The Kier molecular flexibility index (Phi) is 8.28. The van der Waals surface area contributed by atoms with Gasteiger partial charge in [0.2, 0.25) is 0 Å². The van der Waals surface area contributed by atoms with Crippen molar-refractivity contribution in [2.24, 2.45) is 0 Å². The van der Waals surface area contributed by atoms with Crippen LogP contribution >= 0.6 is 11.3 Å². The Bertz CT molecular complexity index is 1010. The van der Waals surface area contributed by atoms with Crippen molar-refractivity contribution in [2.45, 2.75) is 59.2 Å². The quantitative estimate of drug-likeness (QED) is 0.362. The van der Waals surface area contributed by atoms with E-state index in [-0.39, 0.29) is 11.9 Å². The topological polar surface area (TPSA) is 51.7 Å². The van der Waals surface area contributed by atoms with Crippen molar-refractivity contribution in [3.05, 3.63) is 75.7 Å². The van der Waals surface area contributed by atoms with Crippen LogP contribution in [-0.4, -0.2) is 28.9 Å². The lowest BCUT2D eigenvalue weighted by atomic mass is 10.0. The van der Waals surface area contributed by atoms with Crippen LogP contribution in [0.4, 0.5) is 0 Å². The van der Waals surface area contributed by atoms with Gasteiger partial charge in [0.1, 0.15) is 23.1 Å². The summed E-state index contributed by atoms with van der Waals surface area (Å²) >= 11 is 1.57. The number of rotatable bonds is 10. The molecule has 0 radical (unpaired) electrons. The van der Waals surface area contributed by atoms with Crippen LogP contribution < -0.4 is 9.47 Å². The van der Waals surface area contributed by atoms with E-state index in [1.54, 1.807) is 18.4 Å². The lowest BCUT2D eigenvalue weighted by Gasteiger charge is -2.28. The highest BCUT2D eigenvalue weighted by Crippen LogP contribution is 2.27. The SMILES string of the molecule is CC[C@H](C)N(Cc1csc(COc2ccccc2C(C)C)n1)C(=O)c1ccc(OC)cc1.